The van der Waals surface area contributed by atoms with Gasteiger partial charge in [0.25, 0.3) is 5.91 Å². The average Bonchev–Trinajstić information content (AvgIpc) is 3.73. The van der Waals surface area contributed by atoms with Crippen LogP contribution in [0, 0.1) is 0 Å². The van der Waals surface area contributed by atoms with E-state index in [4.69, 9.17) is 23.2 Å². The molecule has 0 radical (unpaired) electrons. The van der Waals surface area contributed by atoms with Crippen LogP contribution in [-0.4, -0.2) is 23.6 Å². The van der Waals surface area contributed by atoms with Crippen LogP contribution in [0.3, 0.4) is 0 Å². The predicted molar refractivity (Wildman–Crippen MR) is 148 cm³/mol. The molecular weight excluding hydrogens is 541 g/mol. The van der Waals surface area contributed by atoms with Crippen molar-refractivity contribution in [3.05, 3.63) is 130 Å². The zero-order chi connectivity index (χ0) is 26.8. The van der Waals surface area contributed by atoms with Crippen LogP contribution in [0.5, 0.6) is 0 Å². The maximum atomic E-state index is 13.9. The van der Waals surface area contributed by atoms with Crippen molar-refractivity contribution in [2.24, 2.45) is 0 Å². The Morgan fingerprint density at radius 1 is 0.895 bits per heavy atom. The van der Waals surface area contributed by atoms with E-state index in [1.165, 1.54) is 16.4 Å². The van der Waals surface area contributed by atoms with E-state index in [0.717, 1.165) is 11.1 Å². The third-order valence-electron chi connectivity index (χ3n) is 6.66. The minimum atomic E-state index is -3.88. The first kappa shape index (κ1) is 26.4. The number of nitrogens with zero attached hydrogens (tertiary/aromatic N) is 2. The standard InChI is InChI=1S/C29H25Cl2N3O3S/c30-24-11-13-27(14-12-24)38(36,37)34(20-26-6-1-2-17-32-26)29(15-16-29)23-9-7-22(8-10-23)28(35)33-19-21-4-3-5-25(31)18-21/h1-14,17-18H,15-16,19-20H2,(H,33,35). The zero-order valence-electron chi connectivity index (χ0n) is 20.3. The second kappa shape index (κ2) is 10.9. The number of hydrogen-bond acceptors (Lipinski definition) is 4. The van der Waals surface area contributed by atoms with Gasteiger partial charge in [-0.3, -0.25) is 9.78 Å². The number of sulfonamides is 1. The topological polar surface area (TPSA) is 79.4 Å². The maximum Gasteiger partial charge on any atom is 0.251 e. The van der Waals surface area contributed by atoms with Crippen molar-refractivity contribution in [1.82, 2.24) is 14.6 Å². The molecule has 1 aliphatic carbocycles. The second-order valence-corrected chi connectivity index (χ2v) is 11.9. The lowest BCUT2D eigenvalue weighted by atomic mass is 10.0. The Balaban J connectivity index is 1.41. The third kappa shape index (κ3) is 5.61. The Morgan fingerprint density at radius 3 is 2.26 bits per heavy atom. The van der Waals surface area contributed by atoms with Crippen LogP contribution in [0.15, 0.2) is 102 Å². The first-order valence-electron chi connectivity index (χ1n) is 12.1. The minimum absolute atomic E-state index is 0.119. The van der Waals surface area contributed by atoms with Gasteiger partial charge in [-0.05, 0) is 84.6 Å². The van der Waals surface area contributed by atoms with E-state index in [9.17, 15) is 13.2 Å². The summed E-state index contributed by atoms with van der Waals surface area (Å²) in [5.74, 6) is -0.222. The largest absolute Gasteiger partial charge is 0.348 e. The van der Waals surface area contributed by atoms with E-state index in [0.29, 0.717) is 40.7 Å². The quantitative estimate of drug-likeness (QED) is 0.262. The fraction of sp³-hybridized carbons (Fsp3) is 0.172. The SMILES string of the molecule is O=C(NCc1cccc(Cl)c1)c1ccc(C2(N(Cc3ccccn3)S(=O)(=O)c3ccc(Cl)cc3)CC2)cc1. The summed E-state index contributed by atoms with van der Waals surface area (Å²) in [6.07, 6.45) is 2.97. The van der Waals surface area contributed by atoms with Crippen LogP contribution in [0.1, 0.15) is 40.0 Å². The van der Waals surface area contributed by atoms with Crippen molar-refractivity contribution < 1.29 is 13.2 Å². The molecule has 0 atom stereocenters. The molecule has 1 heterocycles. The van der Waals surface area contributed by atoms with Gasteiger partial charge in [0.1, 0.15) is 0 Å². The van der Waals surface area contributed by atoms with Crippen LogP contribution in [0.25, 0.3) is 0 Å². The minimum Gasteiger partial charge on any atom is -0.348 e. The van der Waals surface area contributed by atoms with Crippen LogP contribution in [0.4, 0.5) is 0 Å². The Hall–Kier alpha value is -3.23. The van der Waals surface area contributed by atoms with Gasteiger partial charge in [-0.25, -0.2) is 8.42 Å². The van der Waals surface area contributed by atoms with Crippen LogP contribution in [-0.2, 0) is 28.7 Å². The summed E-state index contributed by atoms with van der Waals surface area (Å²) in [7, 11) is -3.88. The number of amides is 1. The summed E-state index contributed by atoms with van der Waals surface area (Å²) in [6, 6.07) is 26.1. The molecule has 9 heteroatoms. The molecule has 0 unspecified atom stereocenters. The van der Waals surface area contributed by atoms with Crippen LogP contribution < -0.4 is 5.32 Å². The molecule has 0 spiro atoms. The van der Waals surface area contributed by atoms with Crippen LogP contribution >= 0.6 is 23.2 Å². The number of nitrogens with one attached hydrogen (secondary N) is 1. The summed E-state index contributed by atoms with van der Waals surface area (Å²) < 4.78 is 29.3. The summed E-state index contributed by atoms with van der Waals surface area (Å²) in [5.41, 5.74) is 2.14. The Labute approximate surface area is 232 Å². The number of hydrogen-bond donors (Lipinski definition) is 1. The molecule has 1 fully saturated rings. The molecular formula is C29H25Cl2N3O3S. The molecule has 1 aliphatic rings. The molecule has 194 valence electrons. The fourth-order valence-corrected chi connectivity index (χ4v) is 6.63. The predicted octanol–water partition coefficient (Wildman–Crippen LogP) is 6.20. The highest BCUT2D eigenvalue weighted by Gasteiger charge is 2.54. The van der Waals surface area contributed by atoms with E-state index in [1.807, 2.05) is 36.4 Å². The van der Waals surface area contributed by atoms with Gasteiger partial charge in [0.15, 0.2) is 0 Å². The lowest BCUT2D eigenvalue weighted by molar-refractivity contribution is 0.0951. The molecule has 1 amide bonds. The van der Waals surface area contributed by atoms with E-state index < -0.39 is 15.6 Å². The van der Waals surface area contributed by atoms with Crippen LogP contribution in [0.2, 0.25) is 10.0 Å². The Bertz CT molecular complexity index is 1540. The summed E-state index contributed by atoms with van der Waals surface area (Å²) >= 11 is 12.0. The third-order valence-corrected chi connectivity index (χ3v) is 9.07. The molecule has 3 aromatic carbocycles. The normalized spacial score (nSPS) is 14.3. The molecule has 38 heavy (non-hydrogen) atoms. The molecule has 5 rings (SSSR count). The maximum absolute atomic E-state index is 13.9. The zero-order valence-corrected chi connectivity index (χ0v) is 22.7. The molecule has 1 saturated carbocycles. The Kier molecular flexibility index (Phi) is 7.54. The molecule has 0 saturated heterocycles. The smallest absolute Gasteiger partial charge is 0.251 e. The number of aromatic nitrogens is 1. The first-order valence-corrected chi connectivity index (χ1v) is 14.3. The highest BCUT2D eigenvalue weighted by atomic mass is 35.5. The van der Waals surface area contributed by atoms with Crippen molar-refractivity contribution in [3.63, 3.8) is 0 Å². The second-order valence-electron chi connectivity index (χ2n) is 9.21. The molecule has 1 aromatic heterocycles. The number of rotatable bonds is 9. The lowest BCUT2D eigenvalue weighted by Crippen LogP contribution is -2.40. The fourth-order valence-electron chi connectivity index (χ4n) is 4.50. The number of benzene rings is 3. The number of pyridine rings is 1. The number of halogens is 2. The van der Waals surface area contributed by atoms with Crippen molar-refractivity contribution >= 4 is 39.1 Å². The van der Waals surface area contributed by atoms with Crippen molar-refractivity contribution in [2.45, 2.75) is 36.4 Å². The number of carbonyl (C=O) groups excluding carboxylic acids is 1. The number of carbonyl (C=O) groups is 1. The highest BCUT2D eigenvalue weighted by Crippen LogP contribution is 2.53. The van der Waals surface area contributed by atoms with E-state index >= 15 is 0 Å². The van der Waals surface area contributed by atoms with Gasteiger partial charge in [0, 0.05) is 28.4 Å². The van der Waals surface area contributed by atoms with E-state index in [2.05, 4.69) is 10.3 Å². The molecule has 6 nitrogen and oxygen atoms in total. The van der Waals surface area contributed by atoms with E-state index in [-0.39, 0.29) is 17.3 Å². The van der Waals surface area contributed by atoms with Gasteiger partial charge in [0.05, 0.1) is 22.7 Å². The first-order chi connectivity index (χ1) is 18.3. The summed E-state index contributed by atoms with van der Waals surface area (Å²) in [5, 5.41) is 3.97. The lowest BCUT2D eigenvalue weighted by Gasteiger charge is -2.31. The Morgan fingerprint density at radius 2 is 1.63 bits per heavy atom. The monoisotopic (exact) mass is 565 g/mol. The van der Waals surface area contributed by atoms with Crippen molar-refractivity contribution in [3.8, 4) is 0 Å². The summed E-state index contributed by atoms with van der Waals surface area (Å²) in [6.45, 7) is 0.468. The molecule has 0 aliphatic heterocycles. The van der Waals surface area contributed by atoms with E-state index in [1.54, 1.807) is 48.7 Å². The van der Waals surface area contributed by atoms with Gasteiger partial charge in [-0.2, -0.15) is 4.31 Å². The highest BCUT2D eigenvalue weighted by molar-refractivity contribution is 7.89. The van der Waals surface area contributed by atoms with Gasteiger partial charge < -0.3 is 5.32 Å². The summed E-state index contributed by atoms with van der Waals surface area (Å²) in [4.78, 5) is 17.3. The van der Waals surface area contributed by atoms with Gasteiger partial charge in [-0.1, -0.05) is 53.5 Å². The molecule has 0 bridgehead atoms. The van der Waals surface area contributed by atoms with Gasteiger partial charge >= 0.3 is 0 Å². The van der Waals surface area contributed by atoms with Crippen molar-refractivity contribution in [2.75, 3.05) is 0 Å². The van der Waals surface area contributed by atoms with Gasteiger partial charge in [0.2, 0.25) is 10.0 Å². The molecule has 4 aromatic rings. The van der Waals surface area contributed by atoms with Gasteiger partial charge in [-0.15, -0.1) is 0 Å². The van der Waals surface area contributed by atoms with Crippen molar-refractivity contribution in [1.29, 1.82) is 0 Å². The average molecular weight is 567 g/mol. The molecule has 1 N–H and O–H groups in total.